The van der Waals surface area contributed by atoms with Crippen LogP contribution in [-0.4, -0.2) is 6.51 Å². The zero-order valence-corrected chi connectivity index (χ0v) is 32.6. The van der Waals surface area contributed by atoms with Gasteiger partial charge in [-0.3, -0.25) is 12.2 Å². The number of allylic oxidation sites excluding steroid dienone is 8. The van der Waals surface area contributed by atoms with Crippen LogP contribution in [0.4, 0.5) is 0 Å². The Morgan fingerprint density at radius 1 is 0.632 bits per heavy atom. The van der Waals surface area contributed by atoms with Crippen LogP contribution in [0.15, 0.2) is 72.9 Å². The van der Waals surface area contributed by atoms with Gasteiger partial charge in [-0.25, -0.2) is 36.4 Å². The van der Waals surface area contributed by atoms with E-state index in [1.54, 1.807) is 28.8 Å². The maximum atomic E-state index is 2.99. The molecule has 2 aromatic carbocycles. The fourth-order valence-corrected chi connectivity index (χ4v) is 3.91. The van der Waals surface area contributed by atoms with E-state index < -0.39 is 0 Å². The predicted molar refractivity (Wildman–Crippen MR) is 168 cm³/mol. The second-order valence-electron chi connectivity index (χ2n) is 9.57. The maximum Gasteiger partial charge on any atom is -0.0512 e. The number of aryl methyl sites for hydroxylation is 4. The van der Waals surface area contributed by atoms with Gasteiger partial charge in [0.15, 0.2) is 0 Å². The first-order valence-electron chi connectivity index (χ1n) is 13.3. The molecule has 204 valence electrons. The molecule has 0 spiro atoms. The van der Waals surface area contributed by atoms with Crippen LogP contribution >= 0.6 is 24.8 Å². The molecule has 38 heavy (non-hydrogen) atoms. The Bertz CT molecular complexity index is 837. The van der Waals surface area contributed by atoms with Gasteiger partial charge >= 0.3 is 82.0 Å². The Morgan fingerprint density at radius 3 is 1.21 bits per heavy atom. The van der Waals surface area contributed by atoms with Gasteiger partial charge in [0.1, 0.15) is 0 Å². The summed E-state index contributed by atoms with van der Waals surface area (Å²) in [5.74, 6) is 0. The summed E-state index contributed by atoms with van der Waals surface area (Å²) in [6.07, 6.45) is 30.9. The minimum absolute atomic E-state index is 0. The average molecular weight is 883 g/mol. The fourth-order valence-electron chi connectivity index (χ4n) is 3.91. The van der Waals surface area contributed by atoms with Crippen molar-refractivity contribution in [1.82, 2.24) is 0 Å². The minimum Gasteiger partial charge on any atom is -0.273 e. The van der Waals surface area contributed by atoms with Crippen molar-refractivity contribution in [2.45, 2.75) is 91.9 Å². The minimum atomic E-state index is 0. The molecular weight excluding hydrogens is 836 g/mol. The molecule has 0 heterocycles. The molecule has 2 aromatic rings. The molecular formula is C34H46Cl2Hf2. The van der Waals surface area contributed by atoms with E-state index in [4.69, 9.17) is 0 Å². The van der Waals surface area contributed by atoms with Crippen LogP contribution < -0.4 is 0 Å². The normalized spacial score (nSPS) is 14.3. The van der Waals surface area contributed by atoms with E-state index in [0.29, 0.717) is 0 Å². The number of hydrogen-bond donors (Lipinski definition) is 0. The van der Waals surface area contributed by atoms with Gasteiger partial charge in [0.2, 0.25) is 0 Å². The van der Waals surface area contributed by atoms with E-state index in [2.05, 4.69) is 88.4 Å². The zero-order chi connectivity index (χ0) is 26.4. The summed E-state index contributed by atoms with van der Waals surface area (Å²) in [4.78, 5) is 0. The van der Waals surface area contributed by atoms with Crippen LogP contribution in [0, 0.1) is 12.2 Å². The molecule has 0 bridgehead atoms. The first-order valence-corrected chi connectivity index (χ1v) is 16.9. The van der Waals surface area contributed by atoms with E-state index in [1.807, 2.05) is 24.3 Å². The van der Waals surface area contributed by atoms with Crippen LogP contribution in [0.2, 0.25) is 0 Å². The molecule has 6 rings (SSSR count). The summed E-state index contributed by atoms with van der Waals surface area (Å²) >= 11 is 2.53. The fraction of sp³-hybridized carbons (Fsp3) is 0.412. The van der Waals surface area contributed by atoms with Gasteiger partial charge in [-0.1, -0.05) is 51.4 Å². The molecule has 0 amide bonds. The molecule has 4 heteroatoms. The van der Waals surface area contributed by atoms with Gasteiger partial charge in [-0.05, 0) is 0 Å². The topological polar surface area (TPSA) is 0 Å². The van der Waals surface area contributed by atoms with Gasteiger partial charge in [0, 0.05) is 0 Å². The van der Waals surface area contributed by atoms with E-state index >= 15 is 0 Å². The molecule has 0 fully saturated rings. The number of halogens is 2. The van der Waals surface area contributed by atoms with Crippen LogP contribution in [0.1, 0.15) is 88.5 Å². The standard InChI is InChI=1S/2C9H11.2C5H5.2C3H6.2ClH.2Hf/c2*1-2-5-9-7-3-6-8(9)4-1;2*1-2-4-5-3-1;2*1-3-2;;;;/h2*3,6-7H,1-2,4-5H2;2*1-3H,4H2;2*1-2H3;2*1H;;/q4*-1;;;;;2*+2. The Hall–Kier alpha value is -0.280. The SMILES string of the molecule is C[C](C)=[Hf+2].C[C](C)=[Hf+2].Cl.Cl.[C-]1=CC=CC1.[C-]1=CC=CC1.c1cc2c([cH-]1)CCCC2.c1cc2c([cH-]1)CCCC2. The Labute approximate surface area is 275 Å². The summed E-state index contributed by atoms with van der Waals surface area (Å²) in [5.41, 5.74) is 6.39. The van der Waals surface area contributed by atoms with Crippen molar-refractivity contribution >= 4 is 31.3 Å². The predicted octanol–water partition coefficient (Wildman–Crippen LogP) is 9.51. The summed E-state index contributed by atoms with van der Waals surface area (Å²) in [7, 11) is 0. The Kier molecular flexibility index (Phi) is 28.2. The summed E-state index contributed by atoms with van der Waals surface area (Å²) < 4.78 is 3.11. The van der Waals surface area contributed by atoms with E-state index in [0.717, 1.165) is 12.8 Å². The van der Waals surface area contributed by atoms with Crippen LogP contribution in [0.5, 0.6) is 0 Å². The van der Waals surface area contributed by atoms with Crippen LogP contribution in [0.3, 0.4) is 0 Å². The Morgan fingerprint density at radius 2 is 0.974 bits per heavy atom. The molecule has 4 aliphatic carbocycles. The Balaban J connectivity index is 0. The molecule has 4 aliphatic rings. The first kappa shape index (κ1) is 39.9. The molecule has 0 saturated heterocycles. The first-order chi connectivity index (χ1) is 17.4. The average Bonchev–Trinajstić information content (AvgIpc) is 3.68. The third-order valence-electron chi connectivity index (χ3n) is 5.47. The van der Waals surface area contributed by atoms with Crippen molar-refractivity contribution in [1.29, 1.82) is 0 Å². The number of rotatable bonds is 0. The van der Waals surface area contributed by atoms with E-state index in [1.165, 1.54) is 99.2 Å². The smallest absolute Gasteiger partial charge is 0.0512 e. The molecule has 0 aliphatic heterocycles. The van der Waals surface area contributed by atoms with Crippen molar-refractivity contribution in [3.63, 3.8) is 0 Å². The molecule has 0 unspecified atom stereocenters. The van der Waals surface area contributed by atoms with Crippen LogP contribution in [0.25, 0.3) is 0 Å². The molecule has 0 aromatic heterocycles. The second kappa shape index (κ2) is 26.9. The van der Waals surface area contributed by atoms with Crippen molar-refractivity contribution in [3.8, 4) is 0 Å². The monoisotopic (exact) mass is 884 g/mol. The van der Waals surface area contributed by atoms with Crippen molar-refractivity contribution in [2.24, 2.45) is 0 Å². The second-order valence-corrected chi connectivity index (χ2v) is 16.8. The zero-order valence-electron chi connectivity index (χ0n) is 23.8. The van der Waals surface area contributed by atoms with Crippen molar-refractivity contribution < 1.29 is 47.8 Å². The van der Waals surface area contributed by atoms with Crippen LogP contribution in [-0.2, 0) is 73.5 Å². The van der Waals surface area contributed by atoms with Gasteiger partial charge in [-0.15, -0.1) is 37.7 Å². The maximum absolute atomic E-state index is 2.99. The van der Waals surface area contributed by atoms with Gasteiger partial charge in [0.25, 0.3) is 0 Å². The summed E-state index contributed by atoms with van der Waals surface area (Å²) in [5, 5.41) is 0. The van der Waals surface area contributed by atoms with Gasteiger partial charge in [0.05, 0.1) is 0 Å². The van der Waals surface area contributed by atoms with Crippen molar-refractivity contribution in [2.75, 3.05) is 0 Å². The quantitative estimate of drug-likeness (QED) is 0.183. The van der Waals surface area contributed by atoms with Gasteiger partial charge < -0.3 is 0 Å². The van der Waals surface area contributed by atoms with E-state index in [-0.39, 0.29) is 24.8 Å². The third kappa shape index (κ3) is 22.5. The molecule has 0 radical (unpaired) electrons. The molecule has 0 nitrogen and oxygen atoms in total. The summed E-state index contributed by atoms with van der Waals surface area (Å²) in [6.45, 7) is 8.58. The number of fused-ring (bicyclic) bond motifs is 2. The molecule has 0 saturated carbocycles. The largest absolute Gasteiger partial charge is 0.273 e. The third-order valence-corrected chi connectivity index (χ3v) is 5.47. The number of hydrogen-bond acceptors (Lipinski definition) is 0. The summed E-state index contributed by atoms with van der Waals surface area (Å²) in [6, 6.07) is 13.4. The molecule has 0 atom stereocenters. The van der Waals surface area contributed by atoms with Gasteiger partial charge in [-0.2, -0.15) is 58.7 Å². The molecule has 0 N–H and O–H groups in total. The van der Waals surface area contributed by atoms with E-state index in [9.17, 15) is 0 Å². The van der Waals surface area contributed by atoms with Crippen molar-refractivity contribution in [3.05, 3.63) is 107 Å².